The first-order valence-electron chi connectivity index (χ1n) is 7.47. The maximum absolute atomic E-state index is 12.3. The molecular weight excluding hydrogens is 344 g/mol. The number of hydrogen-bond donors (Lipinski definition) is 2. The Bertz CT molecular complexity index is 865. The SMILES string of the molecule is COc1ccccc1OCC(=O)NNS(=O)(=O)c1ccc(C)cc1C. The van der Waals surface area contributed by atoms with Crippen LogP contribution in [0, 0.1) is 13.8 Å². The van der Waals surface area contributed by atoms with Crippen molar-refractivity contribution in [1.82, 2.24) is 10.3 Å². The van der Waals surface area contributed by atoms with Crippen LogP contribution in [0.1, 0.15) is 11.1 Å². The van der Waals surface area contributed by atoms with Crippen molar-refractivity contribution < 1.29 is 22.7 Å². The first kappa shape index (κ1) is 18.8. The van der Waals surface area contributed by atoms with Crippen molar-refractivity contribution in [3.05, 3.63) is 53.6 Å². The maximum atomic E-state index is 12.3. The number of sulfonamides is 1. The second kappa shape index (κ2) is 8.00. The van der Waals surface area contributed by atoms with Crippen molar-refractivity contribution in [3.8, 4) is 11.5 Å². The lowest BCUT2D eigenvalue weighted by atomic mass is 10.2. The van der Waals surface area contributed by atoms with Gasteiger partial charge in [-0.2, -0.15) is 0 Å². The molecule has 8 heteroatoms. The lowest BCUT2D eigenvalue weighted by Gasteiger charge is -2.12. The molecule has 0 radical (unpaired) electrons. The minimum absolute atomic E-state index is 0.101. The number of aryl methyl sites for hydroxylation is 2. The van der Waals surface area contributed by atoms with Crippen LogP contribution in [0.4, 0.5) is 0 Å². The quantitative estimate of drug-likeness (QED) is 0.730. The number of amides is 1. The van der Waals surface area contributed by atoms with Gasteiger partial charge in [0.1, 0.15) is 0 Å². The van der Waals surface area contributed by atoms with E-state index in [9.17, 15) is 13.2 Å². The molecule has 0 atom stereocenters. The Morgan fingerprint density at radius 2 is 1.76 bits per heavy atom. The van der Waals surface area contributed by atoms with Crippen molar-refractivity contribution in [1.29, 1.82) is 0 Å². The summed E-state index contributed by atoms with van der Waals surface area (Å²) in [4.78, 5) is 14.0. The average molecular weight is 364 g/mol. The third kappa shape index (κ3) is 4.94. The number of hydrogen-bond acceptors (Lipinski definition) is 5. The van der Waals surface area contributed by atoms with Gasteiger partial charge in [0, 0.05) is 0 Å². The standard InChI is InChI=1S/C17H20N2O5S/c1-12-8-9-16(13(2)10-12)25(21,22)19-18-17(20)11-24-15-7-5-4-6-14(15)23-3/h4-10,19H,11H2,1-3H3,(H,18,20). The molecule has 0 aromatic heterocycles. The van der Waals surface area contributed by atoms with E-state index >= 15 is 0 Å². The van der Waals surface area contributed by atoms with Crippen molar-refractivity contribution in [2.45, 2.75) is 18.7 Å². The van der Waals surface area contributed by atoms with Crippen LogP contribution in [0.25, 0.3) is 0 Å². The van der Waals surface area contributed by atoms with E-state index in [2.05, 4.69) is 10.3 Å². The predicted octanol–water partition coefficient (Wildman–Crippen LogP) is 1.70. The molecule has 2 rings (SSSR count). The van der Waals surface area contributed by atoms with Crippen LogP contribution in [0.2, 0.25) is 0 Å². The third-order valence-electron chi connectivity index (χ3n) is 3.37. The molecule has 0 saturated carbocycles. The number of rotatable bonds is 7. The van der Waals surface area contributed by atoms with Gasteiger partial charge in [0.25, 0.3) is 15.9 Å². The number of carbonyl (C=O) groups excluding carboxylic acids is 1. The van der Waals surface area contributed by atoms with Crippen molar-refractivity contribution in [2.24, 2.45) is 0 Å². The molecule has 2 aromatic carbocycles. The first-order chi connectivity index (χ1) is 11.8. The number of benzene rings is 2. The minimum atomic E-state index is -3.86. The molecule has 2 N–H and O–H groups in total. The molecule has 0 aliphatic heterocycles. The van der Waals surface area contributed by atoms with E-state index in [-0.39, 0.29) is 11.5 Å². The summed E-state index contributed by atoms with van der Waals surface area (Å²) in [6.07, 6.45) is 0. The summed E-state index contributed by atoms with van der Waals surface area (Å²) in [5.74, 6) is 0.225. The Hall–Kier alpha value is -2.58. The van der Waals surface area contributed by atoms with Gasteiger partial charge in [-0.3, -0.25) is 10.2 Å². The average Bonchev–Trinajstić information content (AvgIpc) is 2.58. The summed E-state index contributed by atoms with van der Waals surface area (Å²) in [6, 6.07) is 11.8. The summed E-state index contributed by atoms with van der Waals surface area (Å²) in [7, 11) is -2.37. The highest BCUT2D eigenvalue weighted by atomic mass is 32.2. The minimum Gasteiger partial charge on any atom is -0.493 e. The van der Waals surface area contributed by atoms with E-state index < -0.39 is 15.9 Å². The number of methoxy groups -OCH3 is 1. The molecule has 0 aliphatic rings. The smallest absolute Gasteiger partial charge is 0.272 e. The highest BCUT2D eigenvalue weighted by Crippen LogP contribution is 2.25. The normalized spacial score (nSPS) is 11.0. The van der Waals surface area contributed by atoms with Crippen molar-refractivity contribution in [2.75, 3.05) is 13.7 Å². The first-order valence-corrected chi connectivity index (χ1v) is 8.95. The van der Waals surface area contributed by atoms with Crippen LogP contribution in [-0.2, 0) is 14.8 Å². The van der Waals surface area contributed by atoms with Gasteiger partial charge in [-0.15, -0.1) is 4.83 Å². The van der Waals surface area contributed by atoms with Crippen LogP contribution in [0.15, 0.2) is 47.4 Å². The molecule has 0 aliphatic carbocycles. The lowest BCUT2D eigenvalue weighted by molar-refractivity contribution is -0.123. The molecule has 2 aromatic rings. The van der Waals surface area contributed by atoms with Crippen LogP contribution in [0.3, 0.4) is 0 Å². The fourth-order valence-corrected chi connectivity index (χ4v) is 3.29. The zero-order chi connectivity index (χ0) is 18.4. The van der Waals surface area contributed by atoms with Gasteiger partial charge >= 0.3 is 0 Å². The van der Waals surface area contributed by atoms with E-state index in [0.717, 1.165) is 5.56 Å². The highest BCUT2D eigenvalue weighted by Gasteiger charge is 2.18. The number of hydrazine groups is 1. The van der Waals surface area contributed by atoms with Crippen LogP contribution < -0.4 is 19.7 Å². The summed E-state index contributed by atoms with van der Waals surface area (Å²) in [6.45, 7) is 3.19. The zero-order valence-electron chi connectivity index (χ0n) is 14.2. The fraction of sp³-hybridized carbons (Fsp3) is 0.235. The van der Waals surface area contributed by atoms with Crippen LogP contribution in [0.5, 0.6) is 11.5 Å². The highest BCUT2D eigenvalue weighted by molar-refractivity contribution is 7.89. The van der Waals surface area contributed by atoms with Crippen molar-refractivity contribution >= 4 is 15.9 Å². The van der Waals surface area contributed by atoms with Gasteiger partial charge < -0.3 is 9.47 Å². The number of nitrogens with one attached hydrogen (secondary N) is 2. The molecule has 0 heterocycles. The third-order valence-corrected chi connectivity index (χ3v) is 4.78. The molecule has 0 bridgehead atoms. The Labute approximate surface area is 147 Å². The second-order valence-electron chi connectivity index (χ2n) is 5.36. The van der Waals surface area contributed by atoms with Gasteiger partial charge in [0.2, 0.25) is 0 Å². The van der Waals surface area contributed by atoms with Gasteiger partial charge in [0.15, 0.2) is 18.1 Å². The van der Waals surface area contributed by atoms with E-state index in [1.807, 2.05) is 6.92 Å². The lowest BCUT2D eigenvalue weighted by Crippen LogP contribution is -2.43. The van der Waals surface area contributed by atoms with Gasteiger partial charge in [0.05, 0.1) is 12.0 Å². The van der Waals surface area contributed by atoms with E-state index in [0.29, 0.717) is 17.1 Å². The molecule has 25 heavy (non-hydrogen) atoms. The molecule has 0 unspecified atom stereocenters. The zero-order valence-corrected chi connectivity index (χ0v) is 15.0. The second-order valence-corrected chi connectivity index (χ2v) is 7.01. The van der Waals surface area contributed by atoms with E-state index in [1.54, 1.807) is 43.3 Å². The molecule has 7 nitrogen and oxygen atoms in total. The van der Waals surface area contributed by atoms with E-state index in [1.165, 1.54) is 13.2 Å². The Kier molecular flexibility index (Phi) is 6.00. The maximum Gasteiger partial charge on any atom is 0.272 e. The Morgan fingerprint density at radius 1 is 1.08 bits per heavy atom. The van der Waals surface area contributed by atoms with Crippen LogP contribution in [-0.4, -0.2) is 28.0 Å². The van der Waals surface area contributed by atoms with Gasteiger partial charge in [-0.05, 0) is 37.6 Å². The molecule has 0 saturated heterocycles. The molecule has 1 amide bonds. The largest absolute Gasteiger partial charge is 0.493 e. The Balaban J connectivity index is 1.95. The fourth-order valence-electron chi connectivity index (χ4n) is 2.20. The summed E-state index contributed by atoms with van der Waals surface area (Å²) < 4.78 is 34.9. The van der Waals surface area contributed by atoms with E-state index in [4.69, 9.17) is 9.47 Å². The topological polar surface area (TPSA) is 93.7 Å². The van der Waals surface area contributed by atoms with Gasteiger partial charge in [-0.1, -0.05) is 29.8 Å². The molecule has 134 valence electrons. The summed E-state index contributed by atoms with van der Waals surface area (Å²) >= 11 is 0. The van der Waals surface area contributed by atoms with Gasteiger partial charge in [-0.25, -0.2) is 8.42 Å². The molecular formula is C17H20N2O5S. The Morgan fingerprint density at radius 3 is 2.40 bits per heavy atom. The summed E-state index contributed by atoms with van der Waals surface area (Å²) in [5, 5.41) is 0. The van der Waals surface area contributed by atoms with Crippen LogP contribution >= 0.6 is 0 Å². The predicted molar refractivity (Wildman–Crippen MR) is 92.9 cm³/mol. The monoisotopic (exact) mass is 364 g/mol. The number of para-hydroxylation sites is 2. The number of ether oxygens (including phenoxy) is 2. The number of carbonyl (C=O) groups is 1. The molecule has 0 spiro atoms. The van der Waals surface area contributed by atoms with Crippen molar-refractivity contribution in [3.63, 3.8) is 0 Å². The summed E-state index contributed by atoms with van der Waals surface area (Å²) in [5.41, 5.74) is 3.67. The molecule has 0 fully saturated rings.